The van der Waals surface area contributed by atoms with E-state index in [0.717, 1.165) is 16.9 Å². The molecule has 3 aliphatic heterocycles. The van der Waals surface area contributed by atoms with Crippen LogP contribution < -0.4 is 5.73 Å². The normalized spacial score (nSPS) is 31.7. The second-order valence-electron chi connectivity index (χ2n) is 6.41. The van der Waals surface area contributed by atoms with E-state index in [1.807, 2.05) is 6.07 Å². The maximum absolute atomic E-state index is 11.2. The quantitative estimate of drug-likeness (QED) is 0.922. The molecule has 4 heteroatoms. The number of benzene rings is 1. The lowest BCUT2D eigenvalue weighted by Crippen LogP contribution is -2.52. The highest BCUT2D eigenvalue weighted by molar-refractivity contribution is 5.95. The number of fused-ring (bicyclic) bond motifs is 4. The zero-order chi connectivity index (χ0) is 14.6. The molecule has 2 N–H and O–H groups in total. The average Bonchev–Trinajstić information content (AvgIpc) is 2.91. The fourth-order valence-electron chi connectivity index (χ4n) is 4.25. The highest BCUT2D eigenvalue weighted by Crippen LogP contribution is 2.43. The van der Waals surface area contributed by atoms with Crippen LogP contribution in [0, 0.1) is 5.92 Å². The smallest absolute Gasteiger partial charge is 0.284 e. The topological polar surface area (TPSA) is 59.5 Å². The summed E-state index contributed by atoms with van der Waals surface area (Å²) in [6.07, 6.45) is 2.59. The fraction of sp³-hybridized carbons (Fsp3) is 0.471. The van der Waals surface area contributed by atoms with Gasteiger partial charge in [-0.2, -0.15) is 0 Å². The van der Waals surface area contributed by atoms with Crippen molar-refractivity contribution in [2.24, 2.45) is 11.7 Å². The number of nitrogens with two attached hydrogens (primary N) is 1. The molecule has 2 atom stereocenters. The Morgan fingerprint density at radius 3 is 2.71 bits per heavy atom. The molecule has 5 rings (SSSR count). The number of carbonyl (C=O) groups excluding carboxylic acids is 1. The van der Waals surface area contributed by atoms with Crippen molar-refractivity contribution >= 4 is 16.9 Å². The highest BCUT2D eigenvalue weighted by Gasteiger charge is 2.40. The Morgan fingerprint density at radius 2 is 2.05 bits per heavy atom. The van der Waals surface area contributed by atoms with Crippen LogP contribution in [0.15, 0.2) is 28.7 Å². The minimum absolute atomic E-state index is 0.240. The van der Waals surface area contributed by atoms with Gasteiger partial charge in [0.05, 0.1) is 0 Å². The first-order valence-corrected chi connectivity index (χ1v) is 7.71. The van der Waals surface area contributed by atoms with Crippen LogP contribution in [0.2, 0.25) is 0 Å². The first-order valence-electron chi connectivity index (χ1n) is 7.71. The molecule has 1 aromatic heterocycles. The van der Waals surface area contributed by atoms with Gasteiger partial charge in [-0.05, 0) is 62.5 Å². The van der Waals surface area contributed by atoms with E-state index in [4.69, 9.17) is 10.2 Å². The summed E-state index contributed by atoms with van der Waals surface area (Å²) in [5.74, 6) is 1.10. The third kappa shape index (κ3) is 1.97. The first-order chi connectivity index (χ1) is 10.1. The molecule has 3 fully saturated rings. The summed E-state index contributed by atoms with van der Waals surface area (Å²) in [7, 11) is 0. The molecule has 4 heterocycles. The molecule has 2 bridgehead atoms. The number of hydrogen-bond acceptors (Lipinski definition) is 3. The van der Waals surface area contributed by atoms with Crippen LogP contribution in [0.25, 0.3) is 11.0 Å². The molecule has 0 spiro atoms. The van der Waals surface area contributed by atoms with Crippen LogP contribution in [0.1, 0.15) is 41.8 Å². The van der Waals surface area contributed by atoms with Crippen molar-refractivity contribution < 1.29 is 9.21 Å². The maximum atomic E-state index is 11.2. The van der Waals surface area contributed by atoms with Gasteiger partial charge in [-0.3, -0.25) is 4.79 Å². The average molecular weight is 284 g/mol. The number of furan rings is 1. The van der Waals surface area contributed by atoms with E-state index >= 15 is 0 Å². The lowest BCUT2D eigenvalue weighted by Gasteiger charge is -2.50. The van der Waals surface area contributed by atoms with Crippen LogP contribution in [0.3, 0.4) is 0 Å². The highest BCUT2D eigenvalue weighted by atomic mass is 16.3. The number of nitrogens with zero attached hydrogens (tertiary/aromatic N) is 1. The number of amides is 1. The van der Waals surface area contributed by atoms with E-state index in [1.165, 1.54) is 31.5 Å². The number of hydrogen-bond donors (Lipinski definition) is 1. The second-order valence-corrected chi connectivity index (χ2v) is 6.41. The van der Waals surface area contributed by atoms with Gasteiger partial charge in [0.2, 0.25) is 0 Å². The predicted octanol–water partition coefficient (Wildman–Crippen LogP) is 2.73. The van der Waals surface area contributed by atoms with E-state index in [9.17, 15) is 4.79 Å². The van der Waals surface area contributed by atoms with Gasteiger partial charge >= 0.3 is 0 Å². The molecule has 110 valence electrons. The number of rotatable bonds is 2. The molecule has 21 heavy (non-hydrogen) atoms. The molecule has 3 aliphatic rings. The number of carbonyl (C=O) groups is 1. The van der Waals surface area contributed by atoms with Crippen molar-refractivity contribution in [1.29, 1.82) is 0 Å². The van der Waals surface area contributed by atoms with Gasteiger partial charge in [0.15, 0.2) is 5.76 Å². The molecule has 3 saturated heterocycles. The molecule has 4 nitrogen and oxygen atoms in total. The Kier molecular flexibility index (Phi) is 2.82. The van der Waals surface area contributed by atoms with Crippen LogP contribution >= 0.6 is 0 Å². The third-order valence-corrected chi connectivity index (χ3v) is 5.35. The van der Waals surface area contributed by atoms with Crippen LogP contribution in [-0.4, -0.2) is 29.9 Å². The Morgan fingerprint density at radius 1 is 1.29 bits per heavy atom. The Bertz CT molecular complexity index is 696. The van der Waals surface area contributed by atoms with E-state index < -0.39 is 5.91 Å². The summed E-state index contributed by atoms with van der Waals surface area (Å²) in [6.45, 7) is 4.81. The van der Waals surface area contributed by atoms with Crippen molar-refractivity contribution in [3.05, 3.63) is 35.6 Å². The molecule has 0 saturated carbocycles. The Hall–Kier alpha value is -1.81. The summed E-state index contributed by atoms with van der Waals surface area (Å²) < 4.78 is 5.48. The summed E-state index contributed by atoms with van der Waals surface area (Å²) in [4.78, 5) is 13.8. The van der Waals surface area contributed by atoms with Crippen molar-refractivity contribution in [2.75, 3.05) is 13.1 Å². The standard InChI is InChI=1S/C17H20N2O2/c1-10-16(11-4-6-19(10)7-5-11)12-2-3-14-13(8-12)9-15(21-14)17(18)20/h2-3,8-11,16H,4-7H2,1H3,(H2,18,20)/t10-,16+/m0/s1. The molecule has 0 unspecified atom stereocenters. The SMILES string of the molecule is C[C@H]1[C@@H](c2ccc3oc(C(N)=O)cc3c2)C2CCN1CC2. The molecular weight excluding hydrogens is 264 g/mol. The number of primary amides is 1. The maximum Gasteiger partial charge on any atom is 0.284 e. The zero-order valence-electron chi connectivity index (χ0n) is 12.2. The summed E-state index contributed by atoms with van der Waals surface area (Å²) in [5, 5.41) is 0.977. The van der Waals surface area contributed by atoms with Crippen molar-refractivity contribution in [1.82, 2.24) is 4.90 Å². The molecule has 2 aromatic rings. The van der Waals surface area contributed by atoms with Crippen molar-refractivity contribution in [3.63, 3.8) is 0 Å². The van der Waals surface area contributed by atoms with E-state index in [-0.39, 0.29) is 5.76 Å². The van der Waals surface area contributed by atoms with Gasteiger partial charge in [0, 0.05) is 17.3 Å². The zero-order valence-corrected chi connectivity index (χ0v) is 12.2. The van der Waals surface area contributed by atoms with Crippen LogP contribution in [0.5, 0.6) is 0 Å². The third-order valence-electron chi connectivity index (χ3n) is 5.35. The van der Waals surface area contributed by atoms with Gasteiger partial charge < -0.3 is 15.1 Å². The van der Waals surface area contributed by atoms with E-state index in [0.29, 0.717) is 12.0 Å². The van der Waals surface area contributed by atoms with E-state index in [1.54, 1.807) is 6.07 Å². The van der Waals surface area contributed by atoms with Gasteiger partial charge in [-0.1, -0.05) is 6.07 Å². The molecule has 0 radical (unpaired) electrons. The Labute approximate surface area is 123 Å². The van der Waals surface area contributed by atoms with Crippen LogP contribution in [-0.2, 0) is 0 Å². The van der Waals surface area contributed by atoms with Gasteiger partial charge in [0.1, 0.15) is 5.58 Å². The lowest BCUT2D eigenvalue weighted by atomic mass is 9.71. The van der Waals surface area contributed by atoms with E-state index in [2.05, 4.69) is 24.0 Å². The summed E-state index contributed by atoms with van der Waals surface area (Å²) >= 11 is 0. The lowest BCUT2D eigenvalue weighted by molar-refractivity contribution is 0.0350. The molecule has 0 aliphatic carbocycles. The monoisotopic (exact) mass is 284 g/mol. The molecule has 1 aromatic carbocycles. The summed E-state index contributed by atoms with van der Waals surface area (Å²) in [5.41, 5.74) is 7.39. The minimum Gasteiger partial charge on any atom is -0.451 e. The largest absolute Gasteiger partial charge is 0.451 e. The second kappa shape index (κ2) is 4.60. The van der Waals surface area contributed by atoms with Gasteiger partial charge in [-0.25, -0.2) is 0 Å². The first kappa shape index (κ1) is 12.9. The van der Waals surface area contributed by atoms with Crippen molar-refractivity contribution in [3.8, 4) is 0 Å². The van der Waals surface area contributed by atoms with Crippen LogP contribution in [0.4, 0.5) is 0 Å². The molecular formula is C17H20N2O2. The predicted molar refractivity (Wildman–Crippen MR) is 81.2 cm³/mol. The minimum atomic E-state index is -0.510. The molecule has 1 amide bonds. The number of piperidine rings is 3. The Balaban J connectivity index is 1.74. The van der Waals surface area contributed by atoms with Gasteiger partial charge in [-0.15, -0.1) is 0 Å². The fourth-order valence-corrected chi connectivity index (χ4v) is 4.25. The van der Waals surface area contributed by atoms with Gasteiger partial charge in [0.25, 0.3) is 5.91 Å². The summed E-state index contributed by atoms with van der Waals surface area (Å²) in [6, 6.07) is 8.65. The van der Waals surface area contributed by atoms with Crippen molar-refractivity contribution in [2.45, 2.75) is 31.7 Å².